The molecule has 0 fully saturated rings. The van der Waals surface area contributed by atoms with Crippen LogP contribution in [0.25, 0.3) is 0 Å². The summed E-state index contributed by atoms with van der Waals surface area (Å²) in [6.45, 7) is 0.740. The standard InChI is InChI=1S/C15H13Cl3FNO/c16-10-3-1-9(2-4-10)7-20-8-13(21)14-11(17)5-6-12(19)15(14)18/h1-6,13,20-21H,7-8H2. The summed E-state index contributed by atoms with van der Waals surface area (Å²) >= 11 is 17.6. The molecule has 1 unspecified atom stereocenters. The number of nitrogens with one attached hydrogen (secondary N) is 1. The van der Waals surface area contributed by atoms with Crippen LogP contribution in [0.3, 0.4) is 0 Å². The number of rotatable bonds is 5. The molecular formula is C15H13Cl3FNO. The number of aliphatic hydroxyl groups excluding tert-OH is 1. The van der Waals surface area contributed by atoms with Gasteiger partial charge in [0.15, 0.2) is 0 Å². The summed E-state index contributed by atoms with van der Waals surface area (Å²) in [5.74, 6) is -0.604. The molecular weight excluding hydrogens is 336 g/mol. The van der Waals surface area contributed by atoms with Crippen LogP contribution < -0.4 is 5.32 Å². The lowest BCUT2D eigenvalue weighted by molar-refractivity contribution is 0.174. The molecule has 0 aliphatic rings. The molecule has 0 aromatic heterocycles. The lowest BCUT2D eigenvalue weighted by Crippen LogP contribution is -2.21. The second kappa shape index (κ2) is 7.43. The van der Waals surface area contributed by atoms with Crippen molar-refractivity contribution in [2.45, 2.75) is 12.6 Å². The third-order valence-corrected chi connectivity index (χ3v) is 3.96. The Morgan fingerprint density at radius 2 is 1.71 bits per heavy atom. The van der Waals surface area contributed by atoms with E-state index in [4.69, 9.17) is 34.8 Å². The van der Waals surface area contributed by atoms with Crippen LogP contribution in [0.4, 0.5) is 4.39 Å². The van der Waals surface area contributed by atoms with Crippen molar-refractivity contribution in [3.05, 3.63) is 68.4 Å². The molecule has 1 atom stereocenters. The van der Waals surface area contributed by atoms with Gasteiger partial charge in [0, 0.05) is 28.7 Å². The Kier molecular flexibility index (Phi) is 5.85. The van der Waals surface area contributed by atoms with Crippen LogP contribution >= 0.6 is 34.8 Å². The van der Waals surface area contributed by atoms with Crippen LogP contribution in [0, 0.1) is 5.82 Å². The van der Waals surface area contributed by atoms with Crippen molar-refractivity contribution in [3.63, 3.8) is 0 Å². The average Bonchev–Trinajstić information content (AvgIpc) is 2.45. The summed E-state index contributed by atoms with van der Waals surface area (Å²) in [6, 6.07) is 9.88. The van der Waals surface area contributed by atoms with Gasteiger partial charge in [0.2, 0.25) is 0 Å². The van der Waals surface area contributed by atoms with Gasteiger partial charge in [0.25, 0.3) is 0 Å². The third-order valence-electron chi connectivity index (χ3n) is 2.99. The molecule has 2 N–H and O–H groups in total. The third kappa shape index (κ3) is 4.31. The van der Waals surface area contributed by atoms with Crippen molar-refractivity contribution >= 4 is 34.8 Å². The fourth-order valence-electron chi connectivity index (χ4n) is 1.91. The van der Waals surface area contributed by atoms with Crippen molar-refractivity contribution < 1.29 is 9.50 Å². The van der Waals surface area contributed by atoms with E-state index in [-0.39, 0.29) is 22.2 Å². The minimum atomic E-state index is -0.993. The van der Waals surface area contributed by atoms with Crippen LogP contribution in [0.2, 0.25) is 15.1 Å². The lowest BCUT2D eigenvalue weighted by atomic mass is 10.1. The molecule has 0 saturated carbocycles. The van der Waals surface area contributed by atoms with Gasteiger partial charge in [-0.2, -0.15) is 0 Å². The molecule has 2 aromatic rings. The van der Waals surface area contributed by atoms with Crippen molar-refractivity contribution in [2.24, 2.45) is 0 Å². The molecule has 0 saturated heterocycles. The second-order valence-electron chi connectivity index (χ2n) is 4.53. The van der Waals surface area contributed by atoms with E-state index in [0.29, 0.717) is 11.6 Å². The molecule has 0 aliphatic heterocycles. The van der Waals surface area contributed by atoms with Gasteiger partial charge in [-0.25, -0.2) is 4.39 Å². The molecule has 0 bridgehead atoms. The van der Waals surface area contributed by atoms with Crippen molar-refractivity contribution in [2.75, 3.05) is 6.54 Å². The molecule has 0 radical (unpaired) electrons. The van der Waals surface area contributed by atoms with Gasteiger partial charge in [-0.05, 0) is 29.8 Å². The van der Waals surface area contributed by atoms with Gasteiger partial charge in [0.1, 0.15) is 5.82 Å². The van der Waals surface area contributed by atoms with E-state index < -0.39 is 11.9 Å². The van der Waals surface area contributed by atoms with Gasteiger partial charge in [-0.3, -0.25) is 0 Å². The minimum Gasteiger partial charge on any atom is -0.387 e. The lowest BCUT2D eigenvalue weighted by Gasteiger charge is -2.15. The van der Waals surface area contributed by atoms with Crippen molar-refractivity contribution in [1.82, 2.24) is 5.32 Å². The first kappa shape index (κ1) is 16.5. The average molecular weight is 349 g/mol. The Labute approximate surface area is 137 Å². The van der Waals surface area contributed by atoms with Crippen molar-refractivity contribution in [3.8, 4) is 0 Å². The highest BCUT2D eigenvalue weighted by Crippen LogP contribution is 2.32. The molecule has 21 heavy (non-hydrogen) atoms. The van der Waals surface area contributed by atoms with Gasteiger partial charge in [-0.1, -0.05) is 46.9 Å². The van der Waals surface area contributed by atoms with E-state index in [2.05, 4.69) is 5.32 Å². The Morgan fingerprint density at radius 1 is 1.05 bits per heavy atom. The number of hydrogen-bond acceptors (Lipinski definition) is 2. The van der Waals surface area contributed by atoms with E-state index in [9.17, 15) is 9.50 Å². The highest BCUT2D eigenvalue weighted by atomic mass is 35.5. The molecule has 2 aromatic carbocycles. The smallest absolute Gasteiger partial charge is 0.142 e. The maximum atomic E-state index is 13.4. The van der Waals surface area contributed by atoms with Gasteiger partial charge in [-0.15, -0.1) is 0 Å². The van der Waals surface area contributed by atoms with E-state index in [1.807, 2.05) is 12.1 Å². The van der Waals surface area contributed by atoms with Gasteiger partial charge >= 0.3 is 0 Å². The molecule has 0 heterocycles. The Bertz CT molecular complexity index is 619. The van der Waals surface area contributed by atoms with Gasteiger partial charge < -0.3 is 10.4 Å². The molecule has 6 heteroatoms. The zero-order chi connectivity index (χ0) is 15.4. The fraction of sp³-hybridized carbons (Fsp3) is 0.200. The Hall–Kier alpha value is -0.840. The number of hydrogen-bond donors (Lipinski definition) is 2. The van der Waals surface area contributed by atoms with E-state index in [1.165, 1.54) is 12.1 Å². The number of halogens is 4. The monoisotopic (exact) mass is 347 g/mol. The first-order valence-corrected chi connectivity index (χ1v) is 7.39. The summed E-state index contributed by atoms with van der Waals surface area (Å²) in [5, 5.41) is 13.9. The highest BCUT2D eigenvalue weighted by molar-refractivity contribution is 6.36. The number of benzene rings is 2. The summed E-state index contributed by atoms with van der Waals surface area (Å²) in [5.41, 5.74) is 1.21. The van der Waals surface area contributed by atoms with E-state index in [0.717, 1.165) is 5.56 Å². The second-order valence-corrected chi connectivity index (χ2v) is 5.75. The zero-order valence-corrected chi connectivity index (χ0v) is 13.2. The van der Waals surface area contributed by atoms with Gasteiger partial charge in [0.05, 0.1) is 11.1 Å². The normalized spacial score (nSPS) is 12.4. The van der Waals surface area contributed by atoms with Crippen LogP contribution in [-0.2, 0) is 6.54 Å². The summed E-state index contributed by atoms with van der Waals surface area (Å²) in [4.78, 5) is 0. The van der Waals surface area contributed by atoms with E-state index >= 15 is 0 Å². The zero-order valence-electron chi connectivity index (χ0n) is 10.9. The summed E-state index contributed by atoms with van der Waals surface area (Å²) < 4.78 is 13.4. The predicted octanol–water partition coefficient (Wildman–Crippen LogP) is 4.61. The number of aliphatic hydroxyl groups is 1. The summed E-state index contributed by atoms with van der Waals surface area (Å²) in [7, 11) is 0. The minimum absolute atomic E-state index is 0.150. The SMILES string of the molecule is OC(CNCc1ccc(Cl)cc1)c1c(Cl)ccc(F)c1Cl. The molecule has 0 aliphatic carbocycles. The Balaban J connectivity index is 1.97. The quantitative estimate of drug-likeness (QED) is 0.773. The van der Waals surface area contributed by atoms with Crippen LogP contribution in [-0.4, -0.2) is 11.7 Å². The Morgan fingerprint density at radius 3 is 2.38 bits per heavy atom. The first-order chi connectivity index (χ1) is 9.99. The highest BCUT2D eigenvalue weighted by Gasteiger charge is 2.18. The van der Waals surface area contributed by atoms with Crippen LogP contribution in [0.15, 0.2) is 36.4 Å². The molecule has 0 amide bonds. The maximum Gasteiger partial charge on any atom is 0.142 e. The fourth-order valence-corrected chi connectivity index (χ4v) is 2.65. The molecule has 2 nitrogen and oxygen atoms in total. The van der Waals surface area contributed by atoms with E-state index in [1.54, 1.807) is 12.1 Å². The predicted molar refractivity (Wildman–Crippen MR) is 84.5 cm³/mol. The largest absolute Gasteiger partial charge is 0.387 e. The first-order valence-electron chi connectivity index (χ1n) is 6.25. The molecule has 0 spiro atoms. The molecule has 112 valence electrons. The van der Waals surface area contributed by atoms with Crippen molar-refractivity contribution in [1.29, 1.82) is 0 Å². The summed E-state index contributed by atoms with van der Waals surface area (Å²) in [6.07, 6.45) is -0.993. The van der Waals surface area contributed by atoms with Crippen LogP contribution in [0.5, 0.6) is 0 Å². The topological polar surface area (TPSA) is 32.3 Å². The molecule has 2 rings (SSSR count). The van der Waals surface area contributed by atoms with Crippen LogP contribution in [0.1, 0.15) is 17.2 Å². The maximum absolute atomic E-state index is 13.4.